The Hall–Kier alpha value is -1.37. The number of halogens is 1. The molecule has 0 spiro atoms. The van der Waals surface area contributed by atoms with E-state index in [4.69, 9.17) is 11.6 Å². The molecular formula is C15H20ClN3O2S. The number of hydrogen-bond acceptors (Lipinski definition) is 4. The Labute approximate surface area is 138 Å². The molecule has 2 aromatic heterocycles. The number of aliphatic hydroxyl groups excluding tert-OH is 1. The van der Waals surface area contributed by atoms with Gasteiger partial charge in [-0.2, -0.15) is 5.10 Å². The van der Waals surface area contributed by atoms with Gasteiger partial charge in [0.1, 0.15) is 6.10 Å². The van der Waals surface area contributed by atoms with Gasteiger partial charge in [0.25, 0.3) is 5.91 Å². The molecule has 1 atom stereocenters. The summed E-state index contributed by atoms with van der Waals surface area (Å²) >= 11 is 7.14. The number of rotatable bonds is 6. The van der Waals surface area contributed by atoms with Gasteiger partial charge in [-0.25, -0.2) is 0 Å². The average Bonchev–Trinajstić information content (AvgIpc) is 3.03. The first-order chi connectivity index (χ1) is 10.4. The SMILES string of the molecule is Cc1c(C(=O)NCC(O)c2ccc(Cl)s2)cnn1CC(C)C. The van der Waals surface area contributed by atoms with Crippen LogP contribution in [0.5, 0.6) is 0 Å². The largest absolute Gasteiger partial charge is 0.386 e. The van der Waals surface area contributed by atoms with Crippen molar-refractivity contribution in [3.63, 3.8) is 0 Å². The minimum Gasteiger partial charge on any atom is -0.386 e. The lowest BCUT2D eigenvalue weighted by Gasteiger charge is -2.11. The Morgan fingerprint density at radius 1 is 1.50 bits per heavy atom. The molecule has 5 nitrogen and oxygen atoms in total. The summed E-state index contributed by atoms with van der Waals surface area (Å²) in [5.41, 5.74) is 1.37. The van der Waals surface area contributed by atoms with E-state index >= 15 is 0 Å². The maximum Gasteiger partial charge on any atom is 0.254 e. The van der Waals surface area contributed by atoms with Crippen molar-refractivity contribution in [2.24, 2.45) is 5.92 Å². The van der Waals surface area contributed by atoms with Crippen LogP contribution in [0.25, 0.3) is 0 Å². The zero-order chi connectivity index (χ0) is 16.3. The van der Waals surface area contributed by atoms with E-state index < -0.39 is 6.10 Å². The molecule has 0 fully saturated rings. The first-order valence-electron chi connectivity index (χ1n) is 7.12. The number of aromatic nitrogens is 2. The predicted octanol–water partition coefficient (Wildman–Crippen LogP) is 3.03. The molecule has 1 amide bonds. The Bertz CT molecular complexity index is 651. The summed E-state index contributed by atoms with van der Waals surface area (Å²) in [5, 5.41) is 17.0. The second-order valence-corrected chi connectivity index (χ2v) is 7.33. The molecule has 0 aromatic carbocycles. The first kappa shape index (κ1) is 17.0. The van der Waals surface area contributed by atoms with Crippen molar-refractivity contribution < 1.29 is 9.90 Å². The number of carbonyl (C=O) groups is 1. The highest BCUT2D eigenvalue weighted by Crippen LogP contribution is 2.26. The van der Waals surface area contributed by atoms with Gasteiger partial charge in [0.2, 0.25) is 0 Å². The highest BCUT2D eigenvalue weighted by Gasteiger charge is 2.17. The highest BCUT2D eigenvalue weighted by molar-refractivity contribution is 7.16. The summed E-state index contributed by atoms with van der Waals surface area (Å²) in [6, 6.07) is 3.49. The van der Waals surface area contributed by atoms with Crippen LogP contribution in [-0.2, 0) is 6.54 Å². The van der Waals surface area contributed by atoms with Gasteiger partial charge in [-0.15, -0.1) is 11.3 Å². The van der Waals surface area contributed by atoms with Gasteiger partial charge in [0, 0.05) is 23.7 Å². The van der Waals surface area contributed by atoms with Crippen LogP contribution >= 0.6 is 22.9 Å². The molecule has 0 radical (unpaired) electrons. The minimum atomic E-state index is -0.757. The van der Waals surface area contributed by atoms with E-state index in [1.807, 2.05) is 11.6 Å². The smallest absolute Gasteiger partial charge is 0.254 e. The quantitative estimate of drug-likeness (QED) is 0.848. The summed E-state index contributed by atoms with van der Waals surface area (Å²) in [6.45, 7) is 6.99. The van der Waals surface area contributed by atoms with E-state index in [2.05, 4.69) is 24.3 Å². The van der Waals surface area contributed by atoms with E-state index in [9.17, 15) is 9.90 Å². The van der Waals surface area contributed by atoms with E-state index in [1.165, 1.54) is 11.3 Å². The van der Waals surface area contributed by atoms with Crippen LogP contribution in [-0.4, -0.2) is 27.3 Å². The van der Waals surface area contributed by atoms with Crippen LogP contribution in [0.2, 0.25) is 4.34 Å². The monoisotopic (exact) mass is 341 g/mol. The number of aliphatic hydroxyl groups is 1. The minimum absolute atomic E-state index is 0.143. The Morgan fingerprint density at radius 2 is 2.23 bits per heavy atom. The van der Waals surface area contributed by atoms with Crippen LogP contribution in [0, 0.1) is 12.8 Å². The lowest BCUT2D eigenvalue weighted by molar-refractivity contribution is 0.0917. The lowest BCUT2D eigenvalue weighted by Crippen LogP contribution is -2.28. The number of hydrogen-bond donors (Lipinski definition) is 2. The van der Waals surface area contributed by atoms with E-state index in [0.717, 1.165) is 17.1 Å². The van der Waals surface area contributed by atoms with Crippen LogP contribution in [0.1, 0.15) is 40.9 Å². The summed E-state index contributed by atoms with van der Waals surface area (Å²) in [7, 11) is 0. The van der Waals surface area contributed by atoms with Gasteiger partial charge >= 0.3 is 0 Å². The molecule has 2 heterocycles. The number of thiophene rings is 1. The fourth-order valence-electron chi connectivity index (χ4n) is 2.09. The number of amides is 1. The van der Waals surface area contributed by atoms with Gasteiger partial charge < -0.3 is 10.4 Å². The standard InChI is InChI=1S/C15H20ClN3O2S/c1-9(2)8-19-10(3)11(6-18-19)15(21)17-7-12(20)13-4-5-14(16)22-13/h4-6,9,12,20H,7-8H2,1-3H3,(H,17,21). The first-order valence-corrected chi connectivity index (χ1v) is 8.31. The molecule has 22 heavy (non-hydrogen) atoms. The molecule has 0 aliphatic carbocycles. The molecule has 120 valence electrons. The van der Waals surface area contributed by atoms with Crippen molar-refractivity contribution in [1.29, 1.82) is 0 Å². The molecule has 1 unspecified atom stereocenters. The molecular weight excluding hydrogens is 322 g/mol. The second kappa shape index (κ2) is 7.26. The van der Waals surface area contributed by atoms with Crippen molar-refractivity contribution in [1.82, 2.24) is 15.1 Å². The summed E-state index contributed by atoms with van der Waals surface area (Å²) < 4.78 is 2.45. The molecule has 0 saturated heterocycles. The third kappa shape index (κ3) is 4.09. The predicted molar refractivity (Wildman–Crippen MR) is 88.4 cm³/mol. The highest BCUT2D eigenvalue weighted by atomic mass is 35.5. The summed E-state index contributed by atoms with van der Waals surface area (Å²) in [5.74, 6) is 0.231. The normalized spacial score (nSPS) is 12.6. The third-order valence-electron chi connectivity index (χ3n) is 3.26. The van der Waals surface area contributed by atoms with Crippen molar-refractivity contribution >= 4 is 28.8 Å². The van der Waals surface area contributed by atoms with Crippen molar-refractivity contribution in [3.05, 3.63) is 38.8 Å². The molecule has 2 rings (SSSR count). The molecule has 0 aliphatic rings. The van der Waals surface area contributed by atoms with Crippen molar-refractivity contribution in [2.75, 3.05) is 6.54 Å². The molecule has 0 saturated carbocycles. The van der Waals surface area contributed by atoms with Crippen LogP contribution in [0.3, 0.4) is 0 Å². The molecule has 2 N–H and O–H groups in total. The topological polar surface area (TPSA) is 67.2 Å². The molecule has 7 heteroatoms. The van der Waals surface area contributed by atoms with Crippen molar-refractivity contribution in [2.45, 2.75) is 33.4 Å². The zero-order valence-electron chi connectivity index (χ0n) is 12.8. The van der Waals surface area contributed by atoms with Gasteiger partial charge in [0.05, 0.1) is 16.1 Å². The number of nitrogens with zero attached hydrogens (tertiary/aromatic N) is 2. The van der Waals surface area contributed by atoms with E-state index in [-0.39, 0.29) is 12.5 Å². The van der Waals surface area contributed by atoms with E-state index in [1.54, 1.807) is 18.3 Å². The fourth-order valence-corrected chi connectivity index (χ4v) is 3.14. The lowest BCUT2D eigenvalue weighted by atomic mass is 10.2. The summed E-state index contributed by atoms with van der Waals surface area (Å²) in [6.07, 6.45) is 0.814. The Kier molecular flexibility index (Phi) is 5.61. The maximum atomic E-state index is 12.2. The number of nitrogens with one attached hydrogen (secondary N) is 1. The second-order valence-electron chi connectivity index (χ2n) is 5.59. The van der Waals surface area contributed by atoms with Gasteiger partial charge in [0.15, 0.2) is 0 Å². The number of carbonyl (C=O) groups excluding carboxylic acids is 1. The fraction of sp³-hybridized carbons (Fsp3) is 0.467. The third-order valence-corrected chi connectivity index (χ3v) is 4.60. The molecule has 0 bridgehead atoms. The Morgan fingerprint density at radius 3 is 2.82 bits per heavy atom. The van der Waals surface area contributed by atoms with Crippen LogP contribution in [0.4, 0.5) is 0 Å². The molecule has 0 aliphatic heterocycles. The molecule has 2 aromatic rings. The zero-order valence-corrected chi connectivity index (χ0v) is 14.4. The van der Waals surface area contributed by atoms with Gasteiger partial charge in [-0.1, -0.05) is 25.4 Å². The average molecular weight is 342 g/mol. The van der Waals surface area contributed by atoms with Gasteiger partial charge in [-0.3, -0.25) is 9.48 Å². The van der Waals surface area contributed by atoms with Gasteiger partial charge in [-0.05, 0) is 25.0 Å². The van der Waals surface area contributed by atoms with Crippen molar-refractivity contribution in [3.8, 4) is 0 Å². The summed E-state index contributed by atoms with van der Waals surface area (Å²) in [4.78, 5) is 12.9. The maximum absolute atomic E-state index is 12.2. The van der Waals surface area contributed by atoms with Crippen LogP contribution in [0.15, 0.2) is 18.3 Å². The van der Waals surface area contributed by atoms with E-state index in [0.29, 0.717) is 15.8 Å². The van der Waals surface area contributed by atoms with Crippen LogP contribution < -0.4 is 5.32 Å². The Balaban J connectivity index is 1.96.